The highest BCUT2D eigenvalue weighted by Crippen LogP contribution is 2.44. The molecule has 2 heterocycles. The van der Waals surface area contributed by atoms with Gasteiger partial charge in [0.05, 0.1) is 15.7 Å². The Hall–Kier alpha value is -4.53. The molecule has 0 aliphatic carbocycles. The van der Waals surface area contributed by atoms with Gasteiger partial charge in [0.1, 0.15) is 0 Å². The quantitative estimate of drug-likeness (QED) is 0.221. The molecule has 0 saturated heterocycles. The molecule has 0 aliphatic heterocycles. The molecule has 2 aromatic heterocycles. The van der Waals surface area contributed by atoms with Crippen LogP contribution in [-0.2, 0) is 0 Å². The standard InChI is InChI=1S/C35H21NS/c1-2-9-26-21-27(18-15-22(26)7-1)23-13-16-25(17-14-23)32-33-28-10-4-3-8-24(28)19-20-30(33)36-34-29-11-5-6-12-31(29)37-35(32)34/h1-21H. The van der Waals surface area contributed by atoms with Gasteiger partial charge in [-0.25, -0.2) is 4.98 Å². The van der Waals surface area contributed by atoms with Crippen molar-refractivity contribution in [3.8, 4) is 22.3 Å². The molecule has 0 saturated carbocycles. The van der Waals surface area contributed by atoms with Crippen molar-refractivity contribution in [3.63, 3.8) is 0 Å². The maximum absolute atomic E-state index is 5.21. The zero-order valence-corrected chi connectivity index (χ0v) is 20.8. The summed E-state index contributed by atoms with van der Waals surface area (Å²) >= 11 is 1.85. The minimum absolute atomic E-state index is 1.04. The Morgan fingerprint density at radius 3 is 2.00 bits per heavy atom. The predicted molar refractivity (Wildman–Crippen MR) is 161 cm³/mol. The van der Waals surface area contributed by atoms with Gasteiger partial charge in [0.15, 0.2) is 0 Å². The summed E-state index contributed by atoms with van der Waals surface area (Å²) in [6.45, 7) is 0. The topological polar surface area (TPSA) is 12.9 Å². The SMILES string of the molecule is c1ccc2cc(-c3ccc(-c4c5sc6ccccc6c5nc5ccc6ccccc6c45)cc3)ccc2c1. The van der Waals surface area contributed by atoms with Gasteiger partial charge in [-0.05, 0) is 56.4 Å². The third-order valence-corrected chi connectivity index (χ3v) is 8.62. The molecule has 0 radical (unpaired) electrons. The first-order valence-corrected chi connectivity index (χ1v) is 13.4. The summed E-state index contributed by atoms with van der Waals surface area (Å²) in [7, 11) is 0. The van der Waals surface area contributed by atoms with Crippen LogP contribution in [0.1, 0.15) is 0 Å². The van der Waals surface area contributed by atoms with Gasteiger partial charge in [-0.1, -0.05) is 109 Å². The fraction of sp³-hybridized carbons (Fsp3) is 0. The largest absolute Gasteiger partial charge is 0.246 e. The second-order valence-corrected chi connectivity index (χ2v) is 10.6. The first kappa shape index (κ1) is 20.6. The van der Waals surface area contributed by atoms with Gasteiger partial charge >= 0.3 is 0 Å². The van der Waals surface area contributed by atoms with Crippen LogP contribution in [-0.4, -0.2) is 4.98 Å². The van der Waals surface area contributed by atoms with Crippen molar-refractivity contribution in [2.24, 2.45) is 0 Å². The normalized spacial score (nSPS) is 11.8. The third kappa shape index (κ3) is 3.20. The molecular weight excluding hydrogens is 466 g/mol. The summed E-state index contributed by atoms with van der Waals surface area (Å²) in [5, 5.41) is 7.49. The van der Waals surface area contributed by atoms with Crippen LogP contribution in [0.2, 0.25) is 0 Å². The summed E-state index contributed by atoms with van der Waals surface area (Å²) in [4.78, 5) is 5.21. The molecule has 0 amide bonds. The van der Waals surface area contributed by atoms with E-state index in [0.717, 1.165) is 11.0 Å². The van der Waals surface area contributed by atoms with E-state index in [2.05, 4.69) is 127 Å². The van der Waals surface area contributed by atoms with Crippen molar-refractivity contribution in [3.05, 3.63) is 127 Å². The number of aromatic nitrogens is 1. The van der Waals surface area contributed by atoms with Crippen LogP contribution in [0.25, 0.3) is 75.0 Å². The molecule has 2 heteroatoms. The molecule has 6 aromatic carbocycles. The van der Waals surface area contributed by atoms with E-state index in [1.807, 2.05) is 11.3 Å². The lowest BCUT2D eigenvalue weighted by Gasteiger charge is -2.13. The third-order valence-electron chi connectivity index (χ3n) is 7.44. The van der Waals surface area contributed by atoms with Gasteiger partial charge in [0.25, 0.3) is 0 Å². The minimum Gasteiger partial charge on any atom is -0.246 e. The van der Waals surface area contributed by atoms with Gasteiger partial charge in [0, 0.05) is 21.0 Å². The van der Waals surface area contributed by atoms with Gasteiger partial charge in [-0.15, -0.1) is 11.3 Å². The molecule has 0 aliphatic rings. The van der Waals surface area contributed by atoms with Crippen LogP contribution in [0.5, 0.6) is 0 Å². The molecule has 8 aromatic rings. The number of fused-ring (bicyclic) bond motifs is 7. The van der Waals surface area contributed by atoms with E-state index in [-0.39, 0.29) is 0 Å². The van der Waals surface area contributed by atoms with E-state index in [1.54, 1.807) is 0 Å². The highest BCUT2D eigenvalue weighted by atomic mass is 32.1. The molecule has 37 heavy (non-hydrogen) atoms. The lowest BCUT2D eigenvalue weighted by atomic mass is 9.94. The Morgan fingerprint density at radius 2 is 1.14 bits per heavy atom. The van der Waals surface area contributed by atoms with Gasteiger partial charge in [-0.2, -0.15) is 0 Å². The van der Waals surface area contributed by atoms with Crippen LogP contribution < -0.4 is 0 Å². The van der Waals surface area contributed by atoms with Crippen LogP contribution in [0.3, 0.4) is 0 Å². The zero-order valence-electron chi connectivity index (χ0n) is 20.0. The first-order valence-electron chi connectivity index (χ1n) is 12.6. The molecule has 0 atom stereocenters. The zero-order chi connectivity index (χ0) is 24.3. The Balaban J connectivity index is 1.41. The maximum Gasteiger partial charge on any atom is 0.0902 e. The highest BCUT2D eigenvalue weighted by molar-refractivity contribution is 7.26. The average Bonchev–Trinajstić information content (AvgIpc) is 3.34. The van der Waals surface area contributed by atoms with Crippen molar-refractivity contribution in [2.45, 2.75) is 0 Å². The van der Waals surface area contributed by atoms with Crippen LogP contribution >= 0.6 is 11.3 Å². The second kappa shape index (κ2) is 7.99. The summed E-state index contributed by atoms with van der Waals surface area (Å²) in [6.07, 6.45) is 0. The van der Waals surface area contributed by atoms with Gasteiger partial charge < -0.3 is 0 Å². The van der Waals surface area contributed by atoms with E-state index in [4.69, 9.17) is 4.98 Å². The summed E-state index contributed by atoms with van der Waals surface area (Å²) in [6, 6.07) is 46.0. The molecule has 0 N–H and O–H groups in total. The summed E-state index contributed by atoms with van der Waals surface area (Å²) in [5.74, 6) is 0. The Bertz CT molecular complexity index is 2130. The van der Waals surface area contributed by atoms with Crippen LogP contribution in [0.4, 0.5) is 0 Å². The van der Waals surface area contributed by atoms with Gasteiger partial charge in [0.2, 0.25) is 0 Å². The molecule has 1 nitrogen and oxygen atoms in total. The smallest absolute Gasteiger partial charge is 0.0902 e. The first-order chi connectivity index (χ1) is 18.3. The van der Waals surface area contributed by atoms with Crippen molar-refractivity contribution < 1.29 is 0 Å². The highest BCUT2D eigenvalue weighted by Gasteiger charge is 2.18. The van der Waals surface area contributed by atoms with Crippen LogP contribution in [0.15, 0.2) is 127 Å². The number of thiophene rings is 1. The summed E-state index contributed by atoms with van der Waals surface area (Å²) in [5.41, 5.74) is 7.11. The van der Waals surface area contributed by atoms with E-state index in [0.29, 0.717) is 0 Å². The van der Waals surface area contributed by atoms with E-state index in [9.17, 15) is 0 Å². The van der Waals surface area contributed by atoms with Crippen molar-refractivity contribution in [1.29, 1.82) is 0 Å². The maximum atomic E-state index is 5.21. The summed E-state index contributed by atoms with van der Waals surface area (Å²) < 4.78 is 2.53. The number of benzene rings is 6. The molecule has 8 rings (SSSR count). The van der Waals surface area contributed by atoms with Gasteiger partial charge in [-0.3, -0.25) is 0 Å². The number of pyridine rings is 1. The molecule has 0 spiro atoms. The van der Waals surface area contributed by atoms with E-state index >= 15 is 0 Å². The van der Waals surface area contributed by atoms with E-state index < -0.39 is 0 Å². The Labute approximate surface area is 218 Å². The predicted octanol–water partition coefficient (Wildman–Crippen LogP) is 10.2. The Morgan fingerprint density at radius 1 is 0.486 bits per heavy atom. The number of rotatable bonds is 2. The van der Waals surface area contributed by atoms with E-state index in [1.165, 1.54) is 64.0 Å². The molecular formula is C35H21NS. The molecule has 172 valence electrons. The monoisotopic (exact) mass is 487 g/mol. The lowest BCUT2D eigenvalue weighted by molar-refractivity contribution is 1.53. The fourth-order valence-electron chi connectivity index (χ4n) is 5.64. The Kier molecular flexibility index (Phi) is 4.46. The molecule has 0 bridgehead atoms. The number of hydrogen-bond donors (Lipinski definition) is 0. The minimum atomic E-state index is 1.04. The fourth-order valence-corrected chi connectivity index (χ4v) is 6.85. The van der Waals surface area contributed by atoms with Crippen molar-refractivity contribution >= 4 is 64.1 Å². The number of nitrogens with zero attached hydrogens (tertiary/aromatic N) is 1. The van der Waals surface area contributed by atoms with Crippen LogP contribution in [0, 0.1) is 0 Å². The van der Waals surface area contributed by atoms with Crippen molar-refractivity contribution in [2.75, 3.05) is 0 Å². The average molecular weight is 488 g/mol. The number of hydrogen-bond acceptors (Lipinski definition) is 2. The van der Waals surface area contributed by atoms with Crippen molar-refractivity contribution in [1.82, 2.24) is 4.98 Å². The molecule has 0 fully saturated rings. The second-order valence-electron chi connectivity index (χ2n) is 9.58. The molecule has 0 unspecified atom stereocenters. The lowest BCUT2D eigenvalue weighted by Crippen LogP contribution is -1.89.